The quantitative estimate of drug-likeness (QED) is 0.272. The van der Waals surface area contributed by atoms with Gasteiger partial charge in [0.15, 0.2) is 0 Å². The Bertz CT molecular complexity index is 573. The molecule has 1 N–H and O–H groups in total. The molecule has 0 aromatic carbocycles. The summed E-state index contributed by atoms with van der Waals surface area (Å²) in [5.74, 6) is -1.08. The number of carboxylic acids is 1. The average molecular weight is 363 g/mol. The van der Waals surface area contributed by atoms with Gasteiger partial charge in [-0.1, -0.05) is 34.9 Å². The van der Waals surface area contributed by atoms with E-state index in [4.69, 9.17) is 4.74 Å². The fraction of sp³-hybridized carbons (Fsp3) is 0.545. The summed E-state index contributed by atoms with van der Waals surface area (Å²) in [6.07, 6.45) is 12.9. The molecule has 0 bridgehead atoms. The Morgan fingerprint density at radius 3 is 1.85 bits per heavy atom. The van der Waals surface area contributed by atoms with Gasteiger partial charge in [0.1, 0.15) is 6.61 Å². The molecule has 0 amide bonds. The highest BCUT2D eigenvalue weighted by atomic mass is 16.5. The van der Waals surface area contributed by atoms with Gasteiger partial charge in [0.25, 0.3) is 0 Å². The van der Waals surface area contributed by atoms with Crippen LogP contribution in [-0.4, -0.2) is 23.7 Å². The molecule has 0 aliphatic heterocycles. The third-order valence-electron chi connectivity index (χ3n) is 3.92. The van der Waals surface area contributed by atoms with Crippen molar-refractivity contribution in [2.75, 3.05) is 6.61 Å². The van der Waals surface area contributed by atoms with Crippen molar-refractivity contribution in [2.24, 2.45) is 0 Å². The SMILES string of the molecule is CC(=O)OC/C=C(\C)CC/C=C(\C)CC/C=C(\CCC=C(C)C)C(=O)O. The van der Waals surface area contributed by atoms with Gasteiger partial charge < -0.3 is 9.84 Å². The minimum absolute atomic E-state index is 0.264. The van der Waals surface area contributed by atoms with Gasteiger partial charge >= 0.3 is 11.9 Å². The summed E-state index contributed by atoms with van der Waals surface area (Å²) in [5.41, 5.74) is 4.18. The topological polar surface area (TPSA) is 63.6 Å². The Hall–Kier alpha value is -2.10. The second kappa shape index (κ2) is 14.1. The van der Waals surface area contributed by atoms with Crippen LogP contribution in [0.15, 0.2) is 46.6 Å². The molecule has 0 atom stereocenters. The van der Waals surface area contributed by atoms with Crippen molar-refractivity contribution in [2.45, 2.75) is 73.1 Å². The lowest BCUT2D eigenvalue weighted by Crippen LogP contribution is -2.00. The van der Waals surface area contributed by atoms with E-state index < -0.39 is 5.97 Å². The summed E-state index contributed by atoms with van der Waals surface area (Å²) in [5, 5.41) is 9.27. The molecule has 0 aliphatic rings. The van der Waals surface area contributed by atoms with Gasteiger partial charge in [-0.25, -0.2) is 4.79 Å². The first-order valence-electron chi connectivity index (χ1n) is 9.22. The molecule has 0 saturated heterocycles. The number of ether oxygens (including phenoxy) is 1. The Balaban J connectivity index is 4.29. The van der Waals surface area contributed by atoms with Gasteiger partial charge in [0, 0.05) is 12.5 Å². The largest absolute Gasteiger partial charge is 0.478 e. The zero-order valence-electron chi connectivity index (χ0n) is 16.9. The zero-order chi connectivity index (χ0) is 19.9. The molecule has 0 aromatic rings. The molecule has 26 heavy (non-hydrogen) atoms. The number of esters is 1. The Morgan fingerprint density at radius 1 is 0.769 bits per heavy atom. The maximum absolute atomic E-state index is 11.3. The number of aliphatic carboxylic acids is 1. The van der Waals surface area contributed by atoms with Crippen molar-refractivity contribution in [3.05, 3.63) is 46.6 Å². The van der Waals surface area contributed by atoms with Crippen LogP contribution in [0.25, 0.3) is 0 Å². The lowest BCUT2D eigenvalue weighted by molar-refractivity contribution is -0.139. The normalized spacial score (nSPS) is 12.7. The number of carbonyl (C=O) groups is 2. The van der Waals surface area contributed by atoms with E-state index in [1.54, 1.807) is 0 Å². The number of hydrogen-bond acceptors (Lipinski definition) is 3. The number of hydrogen-bond donors (Lipinski definition) is 1. The van der Waals surface area contributed by atoms with Gasteiger partial charge in [0.05, 0.1) is 0 Å². The molecule has 0 spiro atoms. The van der Waals surface area contributed by atoms with E-state index in [1.165, 1.54) is 23.6 Å². The standard InChI is InChI=1S/C22H34O4/c1-17(2)9-6-13-21(22(24)25)14-8-12-18(3)10-7-11-19(4)15-16-26-20(5)23/h9-10,14-15H,6-8,11-13,16H2,1-5H3,(H,24,25)/b18-10+,19-15+,21-14+. The van der Waals surface area contributed by atoms with Crippen LogP contribution in [0.5, 0.6) is 0 Å². The Labute approximate surface area is 158 Å². The molecular weight excluding hydrogens is 328 g/mol. The van der Waals surface area contributed by atoms with Crippen LogP contribution in [0, 0.1) is 0 Å². The Kier molecular flexibility index (Phi) is 13.0. The first-order valence-corrected chi connectivity index (χ1v) is 9.22. The summed E-state index contributed by atoms with van der Waals surface area (Å²) in [7, 11) is 0. The van der Waals surface area contributed by atoms with E-state index in [9.17, 15) is 14.7 Å². The van der Waals surface area contributed by atoms with Crippen LogP contribution in [0.3, 0.4) is 0 Å². The van der Waals surface area contributed by atoms with E-state index in [1.807, 2.05) is 32.9 Å². The van der Waals surface area contributed by atoms with Crippen molar-refractivity contribution in [1.82, 2.24) is 0 Å². The van der Waals surface area contributed by atoms with Gasteiger partial charge in [-0.05, 0) is 72.3 Å². The second-order valence-corrected chi connectivity index (χ2v) is 6.84. The molecular formula is C22H34O4. The van der Waals surface area contributed by atoms with Crippen molar-refractivity contribution in [3.63, 3.8) is 0 Å². The van der Waals surface area contributed by atoms with Crippen LogP contribution in [0.2, 0.25) is 0 Å². The van der Waals surface area contributed by atoms with E-state index in [0.717, 1.165) is 32.1 Å². The average Bonchev–Trinajstić information content (AvgIpc) is 2.52. The molecule has 0 unspecified atom stereocenters. The Morgan fingerprint density at radius 2 is 1.31 bits per heavy atom. The molecule has 0 aromatic heterocycles. The zero-order valence-corrected chi connectivity index (χ0v) is 16.9. The second-order valence-electron chi connectivity index (χ2n) is 6.84. The van der Waals surface area contributed by atoms with Crippen LogP contribution in [0.4, 0.5) is 0 Å². The molecule has 0 heterocycles. The molecule has 0 saturated carbocycles. The number of carboxylic acid groups (broad SMARTS) is 1. The first kappa shape index (κ1) is 23.9. The molecule has 0 radical (unpaired) electrons. The van der Waals surface area contributed by atoms with Gasteiger partial charge in [-0.15, -0.1) is 0 Å². The number of rotatable bonds is 12. The molecule has 146 valence electrons. The molecule has 0 fully saturated rings. The minimum Gasteiger partial charge on any atom is -0.478 e. The third kappa shape index (κ3) is 14.3. The third-order valence-corrected chi connectivity index (χ3v) is 3.92. The van der Waals surface area contributed by atoms with Crippen molar-refractivity contribution in [3.8, 4) is 0 Å². The van der Waals surface area contributed by atoms with Crippen LogP contribution in [-0.2, 0) is 14.3 Å². The monoisotopic (exact) mass is 362 g/mol. The highest BCUT2D eigenvalue weighted by molar-refractivity contribution is 5.86. The molecule has 4 nitrogen and oxygen atoms in total. The molecule has 0 aliphatic carbocycles. The molecule has 0 rings (SSSR count). The van der Waals surface area contributed by atoms with Gasteiger partial charge in [-0.2, -0.15) is 0 Å². The van der Waals surface area contributed by atoms with Crippen molar-refractivity contribution < 1.29 is 19.4 Å². The summed E-state index contributed by atoms with van der Waals surface area (Å²) >= 11 is 0. The highest BCUT2D eigenvalue weighted by Gasteiger charge is 2.05. The smallest absolute Gasteiger partial charge is 0.331 e. The van der Waals surface area contributed by atoms with Crippen LogP contribution >= 0.6 is 0 Å². The van der Waals surface area contributed by atoms with Crippen LogP contribution < -0.4 is 0 Å². The number of carbonyl (C=O) groups excluding carboxylic acids is 1. The maximum Gasteiger partial charge on any atom is 0.331 e. The minimum atomic E-state index is -0.817. The lowest BCUT2D eigenvalue weighted by atomic mass is 10.0. The first-order chi connectivity index (χ1) is 12.2. The van der Waals surface area contributed by atoms with E-state index >= 15 is 0 Å². The van der Waals surface area contributed by atoms with Crippen molar-refractivity contribution in [1.29, 1.82) is 0 Å². The summed E-state index contributed by atoms with van der Waals surface area (Å²) < 4.78 is 4.89. The summed E-state index contributed by atoms with van der Waals surface area (Å²) in [4.78, 5) is 22.0. The van der Waals surface area contributed by atoms with E-state index in [2.05, 4.69) is 19.1 Å². The summed E-state index contributed by atoms with van der Waals surface area (Å²) in [6, 6.07) is 0. The number of allylic oxidation sites excluding steroid dienone is 6. The molecule has 4 heteroatoms. The van der Waals surface area contributed by atoms with Crippen molar-refractivity contribution >= 4 is 11.9 Å². The van der Waals surface area contributed by atoms with Crippen LogP contribution in [0.1, 0.15) is 73.1 Å². The van der Waals surface area contributed by atoms with E-state index in [0.29, 0.717) is 18.6 Å². The van der Waals surface area contributed by atoms with Gasteiger partial charge in [-0.3, -0.25) is 4.79 Å². The summed E-state index contributed by atoms with van der Waals surface area (Å²) in [6.45, 7) is 9.88. The predicted molar refractivity (Wildman–Crippen MR) is 107 cm³/mol. The fourth-order valence-electron chi connectivity index (χ4n) is 2.34. The predicted octanol–water partition coefficient (Wildman–Crippen LogP) is 5.76. The maximum atomic E-state index is 11.3. The lowest BCUT2D eigenvalue weighted by Gasteiger charge is -2.03. The van der Waals surface area contributed by atoms with Gasteiger partial charge in [0.2, 0.25) is 0 Å². The fourth-order valence-corrected chi connectivity index (χ4v) is 2.34. The van der Waals surface area contributed by atoms with E-state index in [-0.39, 0.29) is 5.97 Å². The highest BCUT2D eigenvalue weighted by Crippen LogP contribution is 2.14.